The minimum atomic E-state index is -0.532. The zero-order chi connectivity index (χ0) is 14.7. The Labute approximate surface area is 131 Å². The second kappa shape index (κ2) is 6.19. The minimum Gasteiger partial charge on any atom is -0.490 e. The van der Waals surface area contributed by atoms with Crippen LogP contribution in [0.15, 0.2) is 39.4 Å². The molecule has 1 aromatic heterocycles. The van der Waals surface area contributed by atoms with Crippen molar-refractivity contribution in [3.63, 3.8) is 0 Å². The maximum absolute atomic E-state index is 10.9. The molecule has 8 heteroatoms. The summed E-state index contributed by atoms with van der Waals surface area (Å²) in [7, 11) is 1.37. The van der Waals surface area contributed by atoms with Gasteiger partial charge in [0, 0.05) is 10.7 Å². The van der Waals surface area contributed by atoms with Gasteiger partial charge in [-0.3, -0.25) is 10.1 Å². The average Bonchev–Trinajstić information content (AvgIpc) is 2.41. The van der Waals surface area contributed by atoms with Gasteiger partial charge in [0.25, 0.3) is 0 Å². The normalized spacial score (nSPS) is 10.2. The van der Waals surface area contributed by atoms with E-state index in [-0.39, 0.29) is 11.4 Å². The van der Waals surface area contributed by atoms with Crippen molar-refractivity contribution in [1.29, 1.82) is 0 Å². The monoisotopic (exact) mass is 402 g/mol. The molecule has 0 atom stereocenters. The SMILES string of the molecule is COc1ccc(Oc2ncc(Br)cc2Br)cc1[N+](=O)[O-]. The Morgan fingerprint density at radius 1 is 1.30 bits per heavy atom. The molecular formula is C12H8Br2N2O4. The highest BCUT2D eigenvalue weighted by molar-refractivity contribution is 9.11. The molecule has 2 aromatic rings. The van der Waals surface area contributed by atoms with E-state index in [9.17, 15) is 10.1 Å². The third kappa shape index (κ3) is 3.26. The van der Waals surface area contributed by atoms with E-state index in [2.05, 4.69) is 36.8 Å². The number of nitrogens with zero attached hydrogens (tertiary/aromatic N) is 2. The molecule has 0 fully saturated rings. The number of halogens is 2. The van der Waals surface area contributed by atoms with Gasteiger partial charge in [0.2, 0.25) is 5.88 Å². The van der Waals surface area contributed by atoms with Crippen molar-refractivity contribution in [2.24, 2.45) is 0 Å². The second-order valence-corrected chi connectivity index (χ2v) is 5.40. The maximum atomic E-state index is 10.9. The van der Waals surface area contributed by atoms with Crippen molar-refractivity contribution in [2.75, 3.05) is 7.11 Å². The summed E-state index contributed by atoms with van der Waals surface area (Å²) in [5.41, 5.74) is -0.168. The molecule has 1 aromatic carbocycles. The zero-order valence-electron chi connectivity index (χ0n) is 10.2. The standard InChI is InChI=1S/C12H8Br2N2O4/c1-19-11-3-2-8(5-10(11)16(17)18)20-12-9(14)4-7(13)6-15-12/h2-6H,1H3. The van der Waals surface area contributed by atoms with Gasteiger partial charge < -0.3 is 9.47 Å². The van der Waals surface area contributed by atoms with E-state index >= 15 is 0 Å². The van der Waals surface area contributed by atoms with Gasteiger partial charge in [-0.05, 0) is 50.1 Å². The zero-order valence-corrected chi connectivity index (χ0v) is 13.3. The van der Waals surface area contributed by atoms with E-state index in [0.29, 0.717) is 16.1 Å². The van der Waals surface area contributed by atoms with Crippen LogP contribution in [0.25, 0.3) is 0 Å². The molecule has 0 aliphatic carbocycles. The molecule has 104 valence electrons. The first kappa shape index (κ1) is 14.7. The van der Waals surface area contributed by atoms with E-state index in [1.807, 2.05) is 0 Å². The number of aromatic nitrogens is 1. The highest BCUT2D eigenvalue weighted by Crippen LogP contribution is 2.34. The quantitative estimate of drug-likeness (QED) is 0.561. The highest BCUT2D eigenvalue weighted by atomic mass is 79.9. The van der Waals surface area contributed by atoms with Crippen LogP contribution in [0.2, 0.25) is 0 Å². The van der Waals surface area contributed by atoms with Gasteiger partial charge >= 0.3 is 5.69 Å². The summed E-state index contributed by atoms with van der Waals surface area (Å²) in [6, 6.07) is 6.09. The minimum absolute atomic E-state index is 0.168. The molecule has 0 saturated carbocycles. The van der Waals surface area contributed by atoms with E-state index < -0.39 is 4.92 Å². The first-order valence-corrected chi connectivity index (χ1v) is 6.91. The molecule has 0 aliphatic heterocycles. The van der Waals surface area contributed by atoms with Crippen LogP contribution >= 0.6 is 31.9 Å². The number of hydrogen-bond donors (Lipinski definition) is 0. The fourth-order valence-electron chi connectivity index (χ4n) is 1.46. The maximum Gasteiger partial charge on any atom is 0.314 e. The highest BCUT2D eigenvalue weighted by Gasteiger charge is 2.16. The molecule has 0 saturated heterocycles. The number of nitro benzene ring substituents is 1. The molecule has 20 heavy (non-hydrogen) atoms. The first-order valence-electron chi connectivity index (χ1n) is 5.32. The molecule has 0 aliphatic rings. The Balaban J connectivity index is 2.34. The molecule has 1 heterocycles. The molecule has 6 nitrogen and oxygen atoms in total. The smallest absolute Gasteiger partial charge is 0.314 e. The fourth-order valence-corrected chi connectivity index (χ4v) is 2.53. The van der Waals surface area contributed by atoms with Crippen LogP contribution in [0.5, 0.6) is 17.4 Å². The first-order chi connectivity index (χ1) is 9.51. The lowest BCUT2D eigenvalue weighted by Crippen LogP contribution is -1.95. The van der Waals surface area contributed by atoms with Crippen molar-refractivity contribution >= 4 is 37.5 Å². The lowest BCUT2D eigenvalue weighted by atomic mass is 10.3. The third-order valence-corrected chi connectivity index (χ3v) is 3.34. The van der Waals surface area contributed by atoms with Gasteiger partial charge in [-0.2, -0.15) is 0 Å². The number of methoxy groups -OCH3 is 1. The number of hydrogen-bond acceptors (Lipinski definition) is 5. The van der Waals surface area contributed by atoms with Gasteiger partial charge in [-0.25, -0.2) is 4.98 Å². The largest absolute Gasteiger partial charge is 0.490 e. The summed E-state index contributed by atoms with van der Waals surface area (Å²) in [5.74, 6) is 0.783. The molecule has 0 bridgehead atoms. The number of rotatable bonds is 4. The van der Waals surface area contributed by atoms with Crippen LogP contribution in [-0.2, 0) is 0 Å². The van der Waals surface area contributed by atoms with E-state index in [0.717, 1.165) is 4.47 Å². The molecule has 0 amide bonds. The summed E-state index contributed by atoms with van der Waals surface area (Å²) < 4.78 is 11.9. The predicted molar refractivity (Wildman–Crippen MR) is 79.4 cm³/mol. The van der Waals surface area contributed by atoms with Gasteiger partial charge in [0.15, 0.2) is 5.75 Å². The molecule has 2 rings (SSSR count). The van der Waals surface area contributed by atoms with Crippen LogP contribution in [0, 0.1) is 10.1 Å². The van der Waals surface area contributed by atoms with Gasteiger partial charge in [-0.1, -0.05) is 0 Å². The van der Waals surface area contributed by atoms with Crippen LogP contribution in [0.4, 0.5) is 5.69 Å². The second-order valence-electron chi connectivity index (χ2n) is 3.63. The number of pyridine rings is 1. The van der Waals surface area contributed by atoms with Gasteiger partial charge in [-0.15, -0.1) is 0 Å². The number of nitro groups is 1. The Hall–Kier alpha value is -1.67. The summed E-state index contributed by atoms with van der Waals surface area (Å²) in [6.45, 7) is 0. The third-order valence-electron chi connectivity index (χ3n) is 2.34. The summed E-state index contributed by atoms with van der Waals surface area (Å²) in [6.07, 6.45) is 1.57. The average molecular weight is 404 g/mol. The molecule has 0 spiro atoms. The summed E-state index contributed by atoms with van der Waals surface area (Å²) in [4.78, 5) is 14.5. The molecule has 0 radical (unpaired) electrons. The lowest BCUT2D eigenvalue weighted by Gasteiger charge is -2.08. The van der Waals surface area contributed by atoms with Crippen molar-refractivity contribution in [1.82, 2.24) is 4.98 Å². The van der Waals surface area contributed by atoms with Crippen LogP contribution in [-0.4, -0.2) is 17.0 Å². The summed E-state index contributed by atoms with van der Waals surface area (Å²) in [5, 5.41) is 10.9. The van der Waals surface area contributed by atoms with E-state index in [4.69, 9.17) is 9.47 Å². The predicted octanol–water partition coefficient (Wildman–Crippen LogP) is 4.32. The van der Waals surface area contributed by atoms with Crippen molar-refractivity contribution in [3.05, 3.63) is 49.5 Å². The van der Waals surface area contributed by atoms with E-state index in [1.54, 1.807) is 18.3 Å². The Kier molecular flexibility index (Phi) is 4.56. The fraction of sp³-hybridized carbons (Fsp3) is 0.0833. The Bertz CT molecular complexity index is 664. The van der Waals surface area contributed by atoms with Crippen LogP contribution < -0.4 is 9.47 Å². The number of benzene rings is 1. The molecule has 0 N–H and O–H groups in total. The lowest BCUT2D eigenvalue weighted by molar-refractivity contribution is -0.385. The Morgan fingerprint density at radius 2 is 2.05 bits per heavy atom. The van der Waals surface area contributed by atoms with Gasteiger partial charge in [0.05, 0.1) is 22.6 Å². The summed E-state index contributed by atoms with van der Waals surface area (Å²) >= 11 is 6.58. The van der Waals surface area contributed by atoms with Crippen molar-refractivity contribution in [2.45, 2.75) is 0 Å². The molecular weight excluding hydrogens is 396 g/mol. The van der Waals surface area contributed by atoms with Crippen molar-refractivity contribution < 1.29 is 14.4 Å². The van der Waals surface area contributed by atoms with Crippen LogP contribution in [0.1, 0.15) is 0 Å². The topological polar surface area (TPSA) is 74.5 Å². The Morgan fingerprint density at radius 3 is 2.65 bits per heavy atom. The van der Waals surface area contributed by atoms with Crippen LogP contribution in [0.3, 0.4) is 0 Å². The van der Waals surface area contributed by atoms with Gasteiger partial charge in [0.1, 0.15) is 5.75 Å². The number of ether oxygens (including phenoxy) is 2. The van der Waals surface area contributed by atoms with Crippen molar-refractivity contribution in [3.8, 4) is 17.4 Å². The molecule has 0 unspecified atom stereocenters. The van der Waals surface area contributed by atoms with E-state index in [1.165, 1.54) is 19.2 Å².